The van der Waals surface area contributed by atoms with E-state index < -0.39 is 11.7 Å². The molecule has 4 nitrogen and oxygen atoms in total. The van der Waals surface area contributed by atoms with Gasteiger partial charge in [0.25, 0.3) is 0 Å². The third kappa shape index (κ3) is 9.92. The van der Waals surface area contributed by atoms with Crippen molar-refractivity contribution in [3.63, 3.8) is 0 Å². The highest BCUT2D eigenvalue weighted by atomic mass is 16.5. The van der Waals surface area contributed by atoms with Gasteiger partial charge in [0.05, 0.1) is 24.4 Å². The van der Waals surface area contributed by atoms with Crippen LogP contribution in [-0.4, -0.2) is 47.7 Å². The van der Waals surface area contributed by atoms with Crippen LogP contribution in [0.5, 0.6) is 0 Å². The van der Waals surface area contributed by atoms with Crippen LogP contribution in [0.3, 0.4) is 0 Å². The molecule has 0 saturated heterocycles. The number of aliphatic hydroxyl groups is 2. The van der Waals surface area contributed by atoms with Crippen LogP contribution in [0, 0.1) is 0 Å². The van der Waals surface area contributed by atoms with Gasteiger partial charge in [-0.15, -0.1) is 0 Å². The monoisotopic (exact) mass is 205 g/mol. The maximum Gasteiger partial charge on any atom is 0.0897 e. The fraction of sp³-hybridized carbons (Fsp3) is 1.00. The van der Waals surface area contributed by atoms with Gasteiger partial charge in [0.2, 0.25) is 0 Å². The molecule has 0 aliphatic heterocycles. The summed E-state index contributed by atoms with van der Waals surface area (Å²) in [7, 11) is 0. The highest BCUT2D eigenvalue weighted by Gasteiger charge is 2.12. The lowest BCUT2D eigenvalue weighted by atomic mass is 10.1. The first-order chi connectivity index (χ1) is 6.31. The second-order valence-electron chi connectivity index (χ2n) is 4.48. The molecule has 0 aliphatic rings. The van der Waals surface area contributed by atoms with Gasteiger partial charge < -0.3 is 20.3 Å². The molecule has 0 aliphatic carbocycles. The summed E-state index contributed by atoms with van der Waals surface area (Å²) in [5.41, 5.74) is -0.737. The van der Waals surface area contributed by atoms with Crippen LogP contribution in [0.4, 0.5) is 0 Å². The molecule has 0 bridgehead atoms. The Balaban J connectivity index is 3.40. The second-order valence-corrected chi connectivity index (χ2v) is 4.48. The molecule has 0 fully saturated rings. The Kier molecular flexibility index (Phi) is 6.27. The lowest BCUT2D eigenvalue weighted by molar-refractivity contribution is 0.00324. The van der Waals surface area contributed by atoms with Crippen molar-refractivity contribution < 1.29 is 14.9 Å². The average molecular weight is 205 g/mol. The minimum absolute atomic E-state index is 0.138. The van der Waals surface area contributed by atoms with Gasteiger partial charge in [0, 0.05) is 13.1 Å². The van der Waals surface area contributed by atoms with Crippen molar-refractivity contribution >= 4 is 0 Å². The smallest absolute Gasteiger partial charge is 0.0897 e. The van der Waals surface area contributed by atoms with E-state index in [1.807, 2.05) is 13.8 Å². The predicted octanol–water partition coefficient (Wildman–Crippen LogP) is 0.133. The predicted molar refractivity (Wildman–Crippen MR) is 56.3 cm³/mol. The summed E-state index contributed by atoms with van der Waals surface area (Å²) in [6.45, 7) is 8.53. The van der Waals surface area contributed by atoms with Crippen LogP contribution < -0.4 is 5.32 Å². The topological polar surface area (TPSA) is 61.7 Å². The van der Waals surface area contributed by atoms with E-state index >= 15 is 0 Å². The van der Waals surface area contributed by atoms with Crippen LogP contribution in [0.2, 0.25) is 0 Å². The van der Waals surface area contributed by atoms with Gasteiger partial charge >= 0.3 is 0 Å². The third-order valence-electron chi connectivity index (χ3n) is 1.56. The number of rotatable bonds is 7. The number of ether oxygens (including phenoxy) is 1. The summed E-state index contributed by atoms with van der Waals surface area (Å²) in [4.78, 5) is 0. The van der Waals surface area contributed by atoms with Crippen LogP contribution in [-0.2, 0) is 4.74 Å². The lowest BCUT2D eigenvalue weighted by Crippen LogP contribution is -2.39. The zero-order valence-electron chi connectivity index (χ0n) is 9.58. The quantitative estimate of drug-likeness (QED) is 0.553. The van der Waals surface area contributed by atoms with E-state index in [2.05, 4.69) is 5.32 Å². The molecule has 0 aromatic rings. The average Bonchev–Trinajstić information content (AvgIpc) is 1.98. The molecule has 14 heavy (non-hydrogen) atoms. The molecule has 0 rings (SSSR count). The number of nitrogens with one attached hydrogen (secondary N) is 1. The Morgan fingerprint density at radius 3 is 2.36 bits per heavy atom. The van der Waals surface area contributed by atoms with Crippen molar-refractivity contribution in [3.05, 3.63) is 0 Å². The zero-order valence-corrected chi connectivity index (χ0v) is 9.58. The molecule has 1 unspecified atom stereocenters. The molecule has 0 aromatic heterocycles. The summed E-state index contributed by atoms with van der Waals surface area (Å²) in [5.74, 6) is 0. The standard InChI is InChI=1S/C10H23NO3/c1-8(2)14-6-9(12)5-11-7-10(3,4)13/h8-9,11-13H,5-7H2,1-4H3. The summed E-state index contributed by atoms with van der Waals surface area (Å²) < 4.78 is 5.23. The van der Waals surface area contributed by atoms with Gasteiger partial charge in [-0.3, -0.25) is 0 Å². The molecule has 0 heterocycles. The molecular formula is C10H23NO3. The van der Waals surface area contributed by atoms with Crippen LogP contribution >= 0.6 is 0 Å². The van der Waals surface area contributed by atoms with Crippen LogP contribution in [0.1, 0.15) is 27.7 Å². The van der Waals surface area contributed by atoms with E-state index in [0.29, 0.717) is 19.7 Å². The van der Waals surface area contributed by atoms with Crippen molar-refractivity contribution in [2.45, 2.75) is 45.5 Å². The molecule has 0 spiro atoms. The van der Waals surface area contributed by atoms with Crippen molar-refractivity contribution in [1.82, 2.24) is 5.32 Å². The Hall–Kier alpha value is -0.160. The van der Waals surface area contributed by atoms with E-state index in [0.717, 1.165) is 0 Å². The van der Waals surface area contributed by atoms with Crippen molar-refractivity contribution in [3.8, 4) is 0 Å². The summed E-state index contributed by atoms with van der Waals surface area (Å²) in [5, 5.41) is 21.8. The first-order valence-corrected chi connectivity index (χ1v) is 5.04. The Bertz CT molecular complexity index is 143. The Morgan fingerprint density at radius 2 is 1.93 bits per heavy atom. The van der Waals surface area contributed by atoms with E-state index in [1.165, 1.54) is 0 Å². The van der Waals surface area contributed by atoms with Gasteiger partial charge in [-0.25, -0.2) is 0 Å². The van der Waals surface area contributed by atoms with Crippen molar-refractivity contribution in [1.29, 1.82) is 0 Å². The number of hydrogen-bond donors (Lipinski definition) is 3. The van der Waals surface area contributed by atoms with E-state index in [1.54, 1.807) is 13.8 Å². The van der Waals surface area contributed by atoms with E-state index in [4.69, 9.17) is 4.74 Å². The Morgan fingerprint density at radius 1 is 1.36 bits per heavy atom. The van der Waals surface area contributed by atoms with Crippen molar-refractivity contribution in [2.75, 3.05) is 19.7 Å². The minimum Gasteiger partial charge on any atom is -0.389 e. The molecule has 1 atom stereocenters. The molecule has 3 N–H and O–H groups in total. The summed E-state index contributed by atoms with van der Waals surface area (Å²) >= 11 is 0. The fourth-order valence-corrected chi connectivity index (χ4v) is 0.907. The largest absolute Gasteiger partial charge is 0.389 e. The fourth-order valence-electron chi connectivity index (χ4n) is 0.907. The lowest BCUT2D eigenvalue weighted by Gasteiger charge is -2.19. The van der Waals surface area contributed by atoms with E-state index in [9.17, 15) is 10.2 Å². The van der Waals surface area contributed by atoms with Crippen molar-refractivity contribution in [2.24, 2.45) is 0 Å². The number of hydrogen-bond acceptors (Lipinski definition) is 4. The van der Waals surface area contributed by atoms with Gasteiger partial charge in [0.15, 0.2) is 0 Å². The van der Waals surface area contributed by atoms with Gasteiger partial charge in [-0.05, 0) is 27.7 Å². The molecular weight excluding hydrogens is 182 g/mol. The summed E-state index contributed by atoms with van der Waals surface area (Å²) in [6, 6.07) is 0. The first-order valence-electron chi connectivity index (χ1n) is 5.04. The highest BCUT2D eigenvalue weighted by Crippen LogP contribution is 1.97. The van der Waals surface area contributed by atoms with E-state index in [-0.39, 0.29) is 6.10 Å². The first kappa shape index (κ1) is 13.8. The zero-order chi connectivity index (χ0) is 11.2. The third-order valence-corrected chi connectivity index (χ3v) is 1.56. The van der Waals surface area contributed by atoms with Gasteiger partial charge in [0.1, 0.15) is 0 Å². The molecule has 0 saturated carbocycles. The molecule has 86 valence electrons. The molecule has 0 radical (unpaired) electrons. The van der Waals surface area contributed by atoms with Gasteiger partial charge in [-0.2, -0.15) is 0 Å². The van der Waals surface area contributed by atoms with Crippen LogP contribution in [0.15, 0.2) is 0 Å². The minimum atomic E-state index is -0.737. The molecule has 4 heteroatoms. The second kappa shape index (κ2) is 6.35. The number of aliphatic hydroxyl groups excluding tert-OH is 1. The maximum atomic E-state index is 9.43. The molecule has 0 aromatic carbocycles. The highest BCUT2D eigenvalue weighted by molar-refractivity contribution is 4.70. The normalized spacial score (nSPS) is 14.8. The van der Waals surface area contributed by atoms with Gasteiger partial charge in [-0.1, -0.05) is 0 Å². The van der Waals surface area contributed by atoms with Crippen LogP contribution in [0.25, 0.3) is 0 Å². The SMILES string of the molecule is CC(C)OCC(O)CNCC(C)(C)O. The Labute approximate surface area is 86.3 Å². The molecule has 0 amide bonds. The maximum absolute atomic E-state index is 9.43. The summed E-state index contributed by atoms with van der Waals surface area (Å²) in [6.07, 6.45) is -0.376.